The van der Waals surface area contributed by atoms with E-state index in [4.69, 9.17) is 0 Å². The zero-order chi connectivity index (χ0) is 21.4. The van der Waals surface area contributed by atoms with E-state index in [2.05, 4.69) is 15.3 Å². The van der Waals surface area contributed by atoms with E-state index in [1.165, 1.54) is 0 Å². The Morgan fingerprint density at radius 3 is 2.48 bits per heavy atom. The molecule has 31 heavy (non-hydrogen) atoms. The molecule has 1 saturated heterocycles. The number of H-pyrrole nitrogens is 1. The lowest BCUT2D eigenvalue weighted by molar-refractivity contribution is -0.121. The number of anilines is 2. The number of aromatic nitrogens is 2. The monoisotopic (exact) mass is 410 g/mol. The van der Waals surface area contributed by atoms with Crippen molar-refractivity contribution in [3.8, 4) is 11.4 Å². The van der Waals surface area contributed by atoms with E-state index in [9.17, 15) is 14.4 Å². The zero-order valence-corrected chi connectivity index (χ0v) is 16.5. The highest BCUT2D eigenvalue weighted by Crippen LogP contribution is 2.25. The van der Waals surface area contributed by atoms with Gasteiger partial charge in [-0.25, -0.2) is 4.98 Å². The summed E-state index contributed by atoms with van der Waals surface area (Å²) in [5, 5.41) is 2.87. The molecular formula is C24H18N4O3. The molecule has 2 heterocycles. The van der Waals surface area contributed by atoms with Crippen LogP contribution < -0.4 is 10.2 Å². The van der Waals surface area contributed by atoms with Crippen LogP contribution in [-0.4, -0.2) is 27.7 Å². The molecule has 7 heteroatoms. The van der Waals surface area contributed by atoms with Crippen LogP contribution in [-0.2, 0) is 9.59 Å². The zero-order valence-electron chi connectivity index (χ0n) is 16.5. The van der Waals surface area contributed by atoms with Crippen molar-refractivity contribution in [2.24, 2.45) is 0 Å². The molecule has 0 spiro atoms. The quantitative estimate of drug-likeness (QED) is 0.495. The van der Waals surface area contributed by atoms with Crippen LogP contribution in [0.3, 0.4) is 0 Å². The minimum atomic E-state index is -0.331. The number of hydrogen-bond acceptors (Lipinski definition) is 4. The highest BCUT2D eigenvalue weighted by molar-refractivity contribution is 6.20. The van der Waals surface area contributed by atoms with Crippen molar-refractivity contribution in [2.45, 2.75) is 12.8 Å². The third-order valence-electron chi connectivity index (χ3n) is 5.20. The first-order valence-electron chi connectivity index (χ1n) is 9.91. The van der Waals surface area contributed by atoms with Crippen molar-refractivity contribution in [2.75, 3.05) is 10.2 Å². The van der Waals surface area contributed by atoms with E-state index in [-0.39, 0.29) is 30.6 Å². The average molecular weight is 410 g/mol. The van der Waals surface area contributed by atoms with Gasteiger partial charge in [0.15, 0.2) is 0 Å². The molecule has 2 N–H and O–H groups in total. The second kappa shape index (κ2) is 7.53. The lowest BCUT2D eigenvalue weighted by atomic mass is 10.1. The smallest absolute Gasteiger partial charge is 0.255 e. The van der Waals surface area contributed by atoms with Crippen molar-refractivity contribution in [1.82, 2.24) is 9.97 Å². The van der Waals surface area contributed by atoms with Gasteiger partial charge in [-0.15, -0.1) is 0 Å². The van der Waals surface area contributed by atoms with Crippen LogP contribution in [0, 0.1) is 0 Å². The summed E-state index contributed by atoms with van der Waals surface area (Å²) in [7, 11) is 0. The molecule has 4 aromatic rings. The molecule has 1 aliphatic rings. The van der Waals surface area contributed by atoms with Crippen LogP contribution in [0.4, 0.5) is 11.4 Å². The van der Waals surface area contributed by atoms with Crippen molar-refractivity contribution < 1.29 is 14.4 Å². The summed E-state index contributed by atoms with van der Waals surface area (Å²) in [6, 6.07) is 21.7. The first-order chi connectivity index (χ1) is 15.1. The Bertz CT molecular complexity index is 1290. The Morgan fingerprint density at radius 2 is 1.68 bits per heavy atom. The van der Waals surface area contributed by atoms with E-state index in [0.717, 1.165) is 21.5 Å². The molecule has 0 radical (unpaired) electrons. The van der Waals surface area contributed by atoms with E-state index in [0.29, 0.717) is 22.8 Å². The van der Waals surface area contributed by atoms with Crippen molar-refractivity contribution in [3.05, 3.63) is 78.4 Å². The summed E-state index contributed by atoms with van der Waals surface area (Å²) in [5.74, 6) is -0.116. The Kier molecular flexibility index (Phi) is 4.55. The van der Waals surface area contributed by atoms with Gasteiger partial charge in [0.25, 0.3) is 5.91 Å². The fourth-order valence-electron chi connectivity index (χ4n) is 3.69. The number of rotatable bonds is 4. The molecule has 0 aliphatic carbocycles. The van der Waals surface area contributed by atoms with Crippen LogP contribution >= 0.6 is 0 Å². The Labute approximate surface area is 177 Å². The van der Waals surface area contributed by atoms with Gasteiger partial charge in [-0.05, 0) is 42.5 Å². The number of amides is 3. The third-order valence-corrected chi connectivity index (χ3v) is 5.20. The van der Waals surface area contributed by atoms with Crippen LogP contribution in [0.15, 0.2) is 72.8 Å². The molecule has 0 saturated carbocycles. The number of fused-ring (bicyclic) bond motifs is 1. The maximum atomic E-state index is 12.8. The van der Waals surface area contributed by atoms with Gasteiger partial charge in [0.05, 0.1) is 16.7 Å². The fraction of sp³-hybridized carbons (Fsp3) is 0.0833. The van der Waals surface area contributed by atoms with Crippen LogP contribution in [0.5, 0.6) is 0 Å². The number of imide groups is 1. The van der Waals surface area contributed by atoms with E-state index in [1.54, 1.807) is 30.3 Å². The molecule has 1 aliphatic heterocycles. The molecule has 7 nitrogen and oxygen atoms in total. The summed E-state index contributed by atoms with van der Waals surface area (Å²) >= 11 is 0. The van der Waals surface area contributed by atoms with Gasteiger partial charge in [0, 0.05) is 29.7 Å². The SMILES string of the molecule is O=C(Nc1cccc(-c2nc3ccccc3[nH]2)c1)c1cccc(N2C(=O)CCC2=O)c1. The molecule has 152 valence electrons. The van der Waals surface area contributed by atoms with Crippen LogP contribution in [0.25, 0.3) is 22.4 Å². The minimum absolute atomic E-state index is 0.198. The number of benzene rings is 3. The first kappa shape index (κ1) is 18.7. The third kappa shape index (κ3) is 3.57. The number of carbonyl (C=O) groups is 3. The maximum Gasteiger partial charge on any atom is 0.255 e. The van der Waals surface area contributed by atoms with E-state index < -0.39 is 0 Å². The second-order valence-corrected chi connectivity index (χ2v) is 7.31. The molecular weight excluding hydrogens is 392 g/mol. The average Bonchev–Trinajstić information content (AvgIpc) is 3.37. The van der Waals surface area contributed by atoms with Crippen molar-refractivity contribution >= 4 is 40.1 Å². The topological polar surface area (TPSA) is 95.2 Å². The van der Waals surface area contributed by atoms with Crippen LogP contribution in [0.2, 0.25) is 0 Å². The summed E-state index contributed by atoms with van der Waals surface area (Å²) in [5.41, 5.74) is 4.04. The lowest BCUT2D eigenvalue weighted by Gasteiger charge is -2.15. The molecule has 3 aromatic carbocycles. The number of aromatic amines is 1. The normalized spacial score (nSPS) is 13.7. The molecule has 1 fully saturated rings. The Hall–Kier alpha value is -4.26. The van der Waals surface area contributed by atoms with Gasteiger partial charge < -0.3 is 10.3 Å². The highest BCUT2D eigenvalue weighted by atomic mass is 16.2. The summed E-state index contributed by atoms with van der Waals surface area (Å²) in [6.45, 7) is 0. The molecule has 1 aromatic heterocycles. The van der Waals surface area contributed by atoms with Gasteiger partial charge in [0.1, 0.15) is 5.82 Å². The maximum absolute atomic E-state index is 12.8. The number of imidazole rings is 1. The first-order valence-corrected chi connectivity index (χ1v) is 9.91. The minimum Gasteiger partial charge on any atom is -0.338 e. The Balaban J connectivity index is 1.39. The van der Waals surface area contributed by atoms with Crippen molar-refractivity contribution in [3.63, 3.8) is 0 Å². The molecule has 0 unspecified atom stereocenters. The summed E-state index contributed by atoms with van der Waals surface area (Å²) < 4.78 is 0. The van der Waals surface area contributed by atoms with Gasteiger partial charge in [0.2, 0.25) is 11.8 Å². The highest BCUT2D eigenvalue weighted by Gasteiger charge is 2.30. The largest absolute Gasteiger partial charge is 0.338 e. The molecule has 0 bridgehead atoms. The van der Waals surface area contributed by atoms with Crippen LogP contribution in [0.1, 0.15) is 23.2 Å². The fourth-order valence-corrected chi connectivity index (χ4v) is 3.69. The number of nitrogens with one attached hydrogen (secondary N) is 2. The van der Waals surface area contributed by atoms with Gasteiger partial charge in [-0.3, -0.25) is 19.3 Å². The predicted molar refractivity (Wildman–Crippen MR) is 118 cm³/mol. The number of para-hydroxylation sites is 2. The Morgan fingerprint density at radius 1 is 0.903 bits per heavy atom. The predicted octanol–water partition coefficient (Wildman–Crippen LogP) is 4.14. The van der Waals surface area contributed by atoms with Gasteiger partial charge >= 0.3 is 0 Å². The van der Waals surface area contributed by atoms with Gasteiger partial charge in [-0.1, -0.05) is 30.3 Å². The van der Waals surface area contributed by atoms with Gasteiger partial charge in [-0.2, -0.15) is 0 Å². The van der Waals surface area contributed by atoms with Crippen molar-refractivity contribution in [1.29, 1.82) is 0 Å². The standard InChI is InChI=1S/C24H18N4O3/c29-21-11-12-22(30)28(21)18-8-4-6-16(14-18)24(31)25-17-7-3-5-15(13-17)23-26-19-9-1-2-10-20(19)27-23/h1-10,13-14H,11-12H2,(H,25,31)(H,26,27). The summed E-state index contributed by atoms with van der Waals surface area (Å²) in [6.07, 6.45) is 0.397. The number of carbonyl (C=O) groups excluding carboxylic acids is 3. The number of hydrogen-bond donors (Lipinski definition) is 2. The molecule has 3 amide bonds. The molecule has 0 atom stereocenters. The summed E-state index contributed by atoms with van der Waals surface area (Å²) in [4.78, 5) is 45.8. The van der Waals surface area contributed by atoms with E-state index >= 15 is 0 Å². The van der Waals surface area contributed by atoms with E-state index in [1.807, 2.05) is 42.5 Å². The molecule has 5 rings (SSSR count). The lowest BCUT2D eigenvalue weighted by Crippen LogP contribution is -2.28. The second-order valence-electron chi connectivity index (χ2n) is 7.31. The number of nitrogens with zero attached hydrogens (tertiary/aromatic N) is 2.